The number of benzene rings is 1. The van der Waals surface area contributed by atoms with Crippen LogP contribution in [0, 0.1) is 0 Å². The summed E-state index contributed by atoms with van der Waals surface area (Å²) in [5.41, 5.74) is 4.54. The predicted molar refractivity (Wildman–Crippen MR) is 57.2 cm³/mol. The van der Waals surface area contributed by atoms with Gasteiger partial charge in [-0.2, -0.15) is 13.2 Å². The fraction of sp³-hybridized carbons (Fsp3) is 0.400. The van der Waals surface area contributed by atoms with E-state index in [9.17, 15) is 18.3 Å². The summed E-state index contributed by atoms with van der Waals surface area (Å²) in [6, 6.07) is 4.82. The van der Waals surface area contributed by atoms with Gasteiger partial charge in [0.05, 0.1) is 11.7 Å². The molecule has 16 heavy (non-hydrogen) atoms. The Labute approximate surface area is 95.6 Å². The van der Waals surface area contributed by atoms with E-state index in [0.29, 0.717) is 10.6 Å². The van der Waals surface area contributed by atoms with Crippen LogP contribution in [0.3, 0.4) is 0 Å². The molecule has 0 heterocycles. The fourth-order valence-corrected chi connectivity index (χ4v) is 1.85. The van der Waals surface area contributed by atoms with Gasteiger partial charge in [0, 0.05) is 17.2 Å². The van der Waals surface area contributed by atoms with Crippen LogP contribution >= 0.6 is 11.8 Å². The van der Waals surface area contributed by atoms with Gasteiger partial charge in [-0.15, -0.1) is 11.8 Å². The van der Waals surface area contributed by atoms with Gasteiger partial charge in [0.1, 0.15) is 0 Å². The van der Waals surface area contributed by atoms with Gasteiger partial charge in [0.2, 0.25) is 0 Å². The second-order valence-electron chi connectivity index (χ2n) is 3.22. The molecule has 1 aromatic carbocycles. The van der Waals surface area contributed by atoms with E-state index in [1.807, 2.05) is 0 Å². The number of hydrogen-bond donors (Lipinski definition) is 2. The van der Waals surface area contributed by atoms with Crippen molar-refractivity contribution in [3.8, 4) is 0 Å². The molecule has 0 amide bonds. The second-order valence-corrected chi connectivity index (χ2v) is 4.32. The molecule has 1 rings (SSSR count). The van der Waals surface area contributed by atoms with Crippen molar-refractivity contribution in [1.29, 1.82) is 0 Å². The SMILES string of the molecule is NCC(O)CSc1ccc(C(F)(F)F)cc1. The van der Waals surface area contributed by atoms with Crippen LogP contribution in [-0.2, 0) is 6.18 Å². The molecule has 0 spiro atoms. The number of halogens is 3. The summed E-state index contributed by atoms with van der Waals surface area (Å²) < 4.78 is 36.7. The summed E-state index contributed by atoms with van der Waals surface area (Å²) in [6.07, 6.45) is -4.94. The lowest BCUT2D eigenvalue weighted by Gasteiger charge is -2.09. The molecule has 6 heteroatoms. The number of nitrogens with two attached hydrogens (primary N) is 1. The Morgan fingerprint density at radius 3 is 2.25 bits per heavy atom. The van der Waals surface area contributed by atoms with Crippen molar-refractivity contribution in [2.75, 3.05) is 12.3 Å². The maximum absolute atomic E-state index is 12.2. The monoisotopic (exact) mass is 251 g/mol. The van der Waals surface area contributed by atoms with E-state index < -0.39 is 17.8 Å². The largest absolute Gasteiger partial charge is 0.416 e. The van der Waals surface area contributed by atoms with Gasteiger partial charge in [-0.1, -0.05) is 0 Å². The highest BCUT2D eigenvalue weighted by atomic mass is 32.2. The minimum absolute atomic E-state index is 0.146. The average Bonchev–Trinajstić information content (AvgIpc) is 2.25. The summed E-state index contributed by atoms with van der Waals surface area (Å²) in [7, 11) is 0. The second kappa shape index (κ2) is 5.56. The molecular formula is C10H12F3NOS. The van der Waals surface area contributed by atoms with Crippen LogP contribution in [-0.4, -0.2) is 23.5 Å². The molecule has 0 radical (unpaired) electrons. The lowest BCUT2D eigenvalue weighted by Crippen LogP contribution is -2.21. The lowest BCUT2D eigenvalue weighted by atomic mass is 10.2. The number of rotatable bonds is 4. The highest BCUT2D eigenvalue weighted by Gasteiger charge is 2.29. The van der Waals surface area contributed by atoms with E-state index in [-0.39, 0.29) is 6.54 Å². The van der Waals surface area contributed by atoms with Crippen LogP contribution in [0.2, 0.25) is 0 Å². The molecule has 0 aliphatic heterocycles. The molecule has 0 bridgehead atoms. The number of aliphatic hydroxyl groups excluding tert-OH is 1. The van der Waals surface area contributed by atoms with Crippen molar-refractivity contribution >= 4 is 11.8 Å². The molecule has 0 fully saturated rings. The third kappa shape index (κ3) is 4.03. The first-order valence-corrected chi connectivity index (χ1v) is 5.60. The molecule has 0 saturated heterocycles. The van der Waals surface area contributed by atoms with Crippen LogP contribution in [0.1, 0.15) is 5.56 Å². The number of thioether (sulfide) groups is 1. The standard InChI is InChI=1S/C10H12F3NOS/c11-10(12,13)7-1-3-9(4-2-7)16-6-8(15)5-14/h1-4,8,15H,5-6,14H2. The van der Waals surface area contributed by atoms with Gasteiger partial charge in [-0.05, 0) is 24.3 Å². The molecule has 3 N–H and O–H groups in total. The average molecular weight is 251 g/mol. The van der Waals surface area contributed by atoms with Crippen LogP contribution in [0.4, 0.5) is 13.2 Å². The Morgan fingerprint density at radius 1 is 1.25 bits per heavy atom. The first-order chi connectivity index (χ1) is 7.43. The van der Waals surface area contributed by atoms with Crippen LogP contribution in [0.15, 0.2) is 29.2 Å². The van der Waals surface area contributed by atoms with E-state index in [4.69, 9.17) is 5.73 Å². The van der Waals surface area contributed by atoms with Crippen LogP contribution < -0.4 is 5.73 Å². The summed E-state index contributed by atoms with van der Waals surface area (Å²) in [5.74, 6) is 0.377. The Hall–Kier alpha value is -0.720. The van der Waals surface area contributed by atoms with E-state index in [0.717, 1.165) is 12.1 Å². The van der Waals surface area contributed by atoms with Crippen LogP contribution in [0.25, 0.3) is 0 Å². The van der Waals surface area contributed by atoms with Crippen molar-refractivity contribution in [3.05, 3.63) is 29.8 Å². The first kappa shape index (κ1) is 13.3. The molecule has 1 aromatic rings. The summed E-state index contributed by atoms with van der Waals surface area (Å²) >= 11 is 1.28. The minimum atomic E-state index is -4.31. The Balaban J connectivity index is 2.58. The fourth-order valence-electron chi connectivity index (χ4n) is 1.00. The van der Waals surface area contributed by atoms with Gasteiger partial charge in [0.15, 0.2) is 0 Å². The lowest BCUT2D eigenvalue weighted by molar-refractivity contribution is -0.137. The van der Waals surface area contributed by atoms with Crippen molar-refractivity contribution in [3.63, 3.8) is 0 Å². The van der Waals surface area contributed by atoms with E-state index in [1.54, 1.807) is 0 Å². The highest BCUT2D eigenvalue weighted by molar-refractivity contribution is 7.99. The first-order valence-electron chi connectivity index (χ1n) is 4.61. The molecule has 0 saturated carbocycles. The molecule has 1 atom stereocenters. The minimum Gasteiger partial charge on any atom is -0.391 e. The molecule has 90 valence electrons. The molecule has 0 aromatic heterocycles. The quantitative estimate of drug-likeness (QED) is 0.806. The third-order valence-corrected chi connectivity index (χ3v) is 3.05. The maximum atomic E-state index is 12.2. The Bertz CT molecular complexity index is 326. The topological polar surface area (TPSA) is 46.2 Å². The number of aliphatic hydroxyl groups is 1. The summed E-state index contributed by atoms with van der Waals surface area (Å²) in [6.45, 7) is 0.146. The van der Waals surface area contributed by atoms with E-state index >= 15 is 0 Å². The summed E-state index contributed by atoms with van der Waals surface area (Å²) in [5, 5.41) is 9.18. The normalized spacial score (nSPS) is 13.8. The molecule has 0 aliphatic rings. The van der Waals surface area contributed by atoms with Gasteiger partial charge in [-0.3, -0.25) is 0 Å². The third-order valence-electron chi connectivity index (χ3n) is 1.90. The zero-order chi connectivity index (χ0) is 12.2. The van der Waals surface area contributed by atoms with E-state index in [2.05, 4.69) is 0 Å². The smallest absolute Gasteiger partial charge is 0.391 e. The zero-order valence-electron chi connectivity index (χ0n) is 8.37. The molecule has 2 nitrogen and oxygen atoms in total. The predicted octanol–water partition coefficient (Wildman–Crippen LogP) is 2.12. The van der Waals surface area contributed by atoms with E-state index in [1.165, 1.54) is 23.9 Å². The molecule has 1 unspecified atom stereocenters. The van der Waals surface area contributed by atoms with Gasteiger partial charge in [0.25, 0.3) is 0 Å². The molecular weight excluding hydrogens is 239 g/mol. The Morgan fingerprint density at radius 2 is 1.81 bits per heavy atom. The Kier molecular flexibility index (Phi) is 4.64. The van der Waals surface area contributed by atoms with Gasteiger partial charge in [-0.25, -0.2) is 0 Å². The number of alkyl halides is 3. The van der Waals surface area contributed by atoms with Crippen molar-refractivity contribution in [2.24, 2.45) is 5.73 Å². The van der Waals surface area contributed by atoms with Gasteiger partial charge < -0.3 is 10.8 Å². The number of hydrogen-bond acceptors (Lipinski definition) is 3. The maximum Gasteiger partial charge on any atom is 0.416 e. The summed E-state index contributed by atoms with van der Waals surface area (Å²) in [4.78, 5) is 0.681. The van der Waals surface area contributed by atoms with Crippen LogP contribution in [0.5, 0.6) is 0 Å². The van der Waals surface area contributed by atoms with Crippen molar-refractivity contribution in [1.82, 2.24) is 0 Å². The highest BCUT2D eigenvalue weighted by Crippen LogP contribution is 2.30. The van der Waals surface area contributed by atoms with Gasteiger partial charge >= 0.3 is 6.18 Å². The molecule has 0 aliphatic carbocycles. The van der Waals surface area contributed by atoms with Crippen molar-refractivity contribution in [2.45, 2.75) is 17.2 Å². The van der Waals surface area contributed by atoms with Crippen molar-refractivity contribution < 1.29 is 18.3 Å². The zero-order valence-corrected chi connectivity index (χ0v) is 9.18.